The summed E-state index contributed by atoms with van der Waals surface area (Å²) < 4.78 is 30.0. The van der Waals surface area contributed by atoms with Crippen molar-refractivity contribution in [1.82, 2.24) is 9.62 Å². The van der Waals surface area contributed by atoms with Crippen molar-refractivity contribution >= 4 is 58.8 Å². The van der Waals surface area contributed by atoms with Gasteiger partial charge in [-0.15, -0.1) is 11.3 Å². The maximum Gasteiger partial charge on any atom is 0.240 e. The minimum absolute atomic E-state index is 0.0536. The fourth-order valence-electron chi connectivity index (χ4n) is 4.00. The van der Waals surface area contributed by atoms with E-state index in [9.17, 15) is 13.2 Å². The normalized spacial score (nSPS) is 12.0. The Bertz CT molecular complexity index is 1500. The Morgan fingerprint density at radius 1 is 0.971 bits per heavy atom. The third kappa shape index (κ3) is 5.68. The third-order valence-corrected chi connectivity index (χ3v) is 8.94. The molecule has 0 fully saturated rings. The van der Waals surface area contributed by atoms with Crippen molar-refractivity contribution in [1.29, 1.82) is 0 Å². The highest BCUT2D eigenvalue weighted by Gasteiger charge is 2.17. The minimum Gasteiger partial charge on any atom is -0.383 e. The largest absolute Gasteiger partial charge is 0.383 e. The molecular formula is C26H28ClN3O3S2. The molecule has 0 saturated carbocycles. The molecule has 184 valence electrons. The van der Waals surface area contributed by atoms with Crippen LogP contribution < -0.4 is 15.5 Å². The average molecular weight is 530 g/mol. The molecule has 1 aromatic heterocycles. The summed E-state index contributed by atoms with van der Waals surface area (Å²) >= 11 is 7.40. The monoisotopic (exact) mass is 529 g/mol. The Kier molecular flexibility index (Phi) is 8.09. The molecule has 0 saturated heterocycles. The summed E-state index contributed by atoms with van der Waals surface area (Å²) in [6, 6.07) is 17.3. The van der Waals surface area contributed by atoms with Crippen molar-refractivity contribution in [2.24, 2.45) is 0 Å². The summed E-state index contributed by atoms with van der Waals surface area (Å²) in [6.07, 6.45) is 0. The van der Waals surface area contributed by atoms with E-state index in [4.69, 9.17) is 11.6 Å². The maximum absolute atomic E-state index is 13.5. The van der Waals surface area contributed by atoms with Crippen LogP contribution in [-0.2, 0) is 16.6 Å². The maximum atomic E-state index is 13.5. The van der Waals surface area contributed by atoms with Crippen LogP contribution in [-0.4, -0.2) is 39.5 Å². The van der Waals surface area contributed by atoms with E-state index in [1.165, 1.54) is 23.5 Å². The van der Waals surface area contributed by atoms with E-state index in [-0.39, 0.29) is 16.9 Å². The number of benzene rings is 3. The van der Waals surface area contributed by atoms with Crippen molar-refractivity contribution in [2.75, 3.05) is 31.5 Å². The predicted octanol–water partition coefficient (Wildman–Crippen LogP) is 5.30. The smallest absolute Gasteiger partial charge is 0.240 e. The summed E-state index contributed by atoms with van der Waals surface area (Å²) in [7, 11) is -3.74. The summed E-state index contributed by atoms with van der Waals surface area (Å²) in [4.78, 5) is 16.0. The van der Waals surface area contributed by atoms with E-state index < -0.39 is 10.0 Å². The van der Waals surface area contributed by atoms with Crippen LogP contribution in [0.2, 0.25) is 5.02 Å². The van der Waals surface area contributed by atoms with Gasteiger partial charge in [-0.1, -0.05) is 43.6 Å². The first kappa shape index (κ1) is 25.6. The average Bonchev–Trinajstić information content (AvgIpc) is 2.86. The second-order valence-electron chi connectivity index (χ2n) is 8.14. The topological polar surface area (TPSA) is 78.5 Å². The highest BCUT2D eigenvalue weighted by Crippen LogP contribution is 2.32. The van der Waals surface area contributed by atoms with Gasteiger partial charge in [-0.2, -0.15) is 0 Å². The minimum atomic E-state index is -3.74. The van der Waals surface area contributed by atoms with Gasteiger partial charge < -0.3 is 10.2 Å². The standard InChI is InChI=1S/C26H28ClN3O3S2/c1-3-30(4-2)16-15-28-22-14-9-18(17-29-35(32,33)20-12-10-19(27)11-13-20)26-24(22)25(31)21-7-5-6-8-23(21)34-26/h5-14,28-29H,3-4,15-17H2,1-2H3. The van der Waals surface area contributed by atoms with Crippen LogP contribution in [0.4, 0.5) is 5.69 Å². The molecule has 0 amide bonds. The lowest BCUT2D eigenvalue weighted by atomic mass is 10.1. The molecule has 2 N–H and O–H groups in total. The SMILES string of the molecule is CCN(CC)CCNc1ccc(CNS(=O)(=O)c2ccc(Cl)cc2)c2sc3ccccc3c(=O)c12. The fraction of sp³-hybridized carbons (Fsp3) is 0.269. The quantitative estimate of drug-likeness (QED) is 0.272. The zero-order chi connectivity index (χ0) is 25.0. The molecule has 0 unspecified atom stereocenters. The summed E-state index contributed by atoms with van der Waals surface area (Å²) in [6.45, 7) is 7.81. The second-order valence-corrected chi connectivity index (χ2v) is 11.4. The van der Waals surface area contributed by atoms with Gasteiger partial charge in [0.2, 0.25) is 10.0 Å². The van der Waals surface area contributed by atoms with E-state index in [2.05, 4.69) is 28.8 Å². The fourth-order valence-corrected chi connectivity index (χ4v) is 6.35. The van der Waals surface area contributed by atoms with Gasteiger partial charge in [0.15, 0.2) is 5.43 Å². The summed E-state index contributed by atoms with van der Waals surface area (Å²) in [5, 5.41) is 5.16. The first-order valence-corrected chi connectivity index (χ1v) is 14.2. The van der Waals surface area contributed by atoms with Crippen LogP contribution in [0.3, 0.4) is 0 Å². The Hall–Kier alpha value is -2.49. The van der Waals surface area contributed by atoms with Crippen LogP contribution >= 0.6 is 22.9 Å². The molecule has 35 heavy (non-hydrogen) atoms. The predicted molar refractivity (Wildman–Crippen MR) is 147 cm³/mol. The lowest BCUT2D eigenvalue weighted by Gasteiger charge is -2.19. The Labute approximate surface area is 214 Å². The lowest BCUT2D eigenvalue weighted by Crippen LogP contribution is -2.28. The third-order valence-electron chi connectivity index (χ3n) is 6.02. The molecule has 0 spiro atoms. The zero-order valence-electron chi connectivity index (χ0n) is 19.7. The Morgan fingerprint density at radius 2 is 1.69 bits per heavy atom. The molecule has 0 aliphatic heterocycles. The number of fused-ring (bicyclic) bond motifs is 2. The first-order chi connectivity index (χ1) is 16.8. The zero-order valence-corrected chi connectivity index (χ0v) is 22.1. The summed E-state index contributed by atoms with van der Waals surface area (Å²) in [5.74, 6) is 0. The highest BCUT2D eigenvalue weighted by molar-refractivity contribution is 7.89. The van der Waals surface area contributed by atoms with E-state index >= 15 is 0 Å². The molecule has 1 heterocycles. The van der Waals surface area contributed by atoms with Crippen molar-refractivity contribution in [3.05, 3.63) is 81.5 Å². The van der Waals surface area contributed by atoms with E-state index in [1.54, 1.807) is 12.1 Å². The number of nitrogens with zero attached hydrogens (tertiary/aromatic N) is 1. The number of anilines is 1. The van der Waals surface area contributed by atoms with E-state index in [1.807, 2.05) is 36.4 Å². The number of sulfonamides is 1. The van der Waals surface area contributed by atoms with Gasteiger partial charge in [0.1, 0.15) is 0 Å². The number of hydrogen-bond acceptors (Lipinski definition) is 6. The molecular weight excluding hydrogens is 502 g/mol. The van der Waals surface area contributed by atoms with Gasteiger partial charge in [0.25, 0.3) is 0 Å². The van der Waals surface area contributed by atoms with Crippen LogP contribution in [0.1, 0.15) is 19.4 Å². The van der Waals surface area contributed by atoms with Crippen molar-refractivity contribution in [3.8, 4) is 0 Å². The van der Waals surface area contributed by atoms with Gasteiger partial charge >= 0.3 is 0 Å². The van der Waals surface area contributed by atoms with Gasteiger partial charge in [0, 0.05) is 45.1 Å². The molecule has 0 radical (unpaired) electrons. The Balaban J connectivity index is 1.71. The van der Waals surface area contributed by atoms with Gasteiger partial charge in [-0.05, 0) is 61.1 Å². The van der Waals surface area contributed by atoms with Crippen molar-refractivity contribution in [3.63, 3.8) is 0 Å². The highest BCUT2D eigenvalue weighted by atomic mass is 35.5. The van der Waals surface area contributed by atoms with Crippen LogP contribution in [0.15, 0.2) is 70.4 Å². The number of nitrogens with one attached hydrogen (secondary N) is 2. The van der Waals surface area contributed by atoms with Gasteiger partial charge in [-0.25, -0.2) is 13.1 Å². The first-order valence-electron chi connectivity index (χ1n) is 11.5. The molecule has 0 aliphatic rings. The molecule has 4 aromatic rings. The van der Waals surface area contributed by atoms with Gasteiger partial charge in [-0.3, -0.25) is 4.79 Å². The summed E-state index contributed by atoms with van der Waals surface area (Å²) in [5.41, 5.74) is 1.46. The van der Waals surface area contributed by atoms with E-state index in [0.29, 0.717) is 22.3 Å². The molecule has 0 atom stereocenters. The molecule has 0 bridgehead atoms. The number of likely N-dealkylation sites (N-methyl/N-ethyl adjacent to an activating group) is 1. The van der Waals surface area contributed by atoms with Gasteiger partial charge in [0.05, 0.1) is 10.3 Å². The molecule has 6 nitrogen and oxygen atoms in total. The number of hydrogen-bond donors (Lipinski definition) is 2. The van der Waals surface area contributed by atoms with Crippen LogP contribution in [0.5, 0.6) is 0 Å². The lowest BCUT2D eigenvalue weighted by molar-refractivity contribution is 0.316. The number of rotatable bonds is 10. The van der Waals surface area contributed by atoms with Crippen LogP contribution in [0, 0.1) is 0 Å². The number of halogens is 1. The van der Waals surface area contributed by atoms with Crippen molar-refractivity contribution < 1.29 is 8.42 Å². The van der Waals surface area contributed by atoms with Crippen molar-refractivity contribution in [2.45, 2.75) is 25.3 Å². The van der Waals surface area contributed by atoms with Crippen LogP contribution in [0.25, 0.3) is 20.2 Å². The molecule has 3 aromatic carbocycles. The second kappa shape index (κ2) is 11.1. The Morgan fingerprint density at radius 3 is 2.40 bits per heavy atom. The molecule has 4 rings (SSSR count). The molecule has 9 heteroatoms. The molecule has 0 aliphatic carbocycles. The van der Waals surface area contributed by atoms with E-state index in [0.717, 1.165) is 40.3 Å².